The van der Waals surface area contributed by atoms with E-state index in [1.54, 1.807) is 0 Å². The fourth-order valence-electron chi connectivity index (χ4n) is 3.12. The highest BCUT2D eigenvalue weighted by Gasteiger charge is 2.27. The number of carbonyl (C=O) groups excluding carboxylic acids is 1. The van der Waals surface area contributed by atoms with Crippen LogP contribution in [0, 0.1) is 0 Å². The first kappa shape index (κ1) is 18.1. The van der Waals surface area contributed by atoms with Crippen molar-refractivity contribution in [2.75, 3.05) is 46.0 Å². The Kier molecular flexibility index (Phi) is 6.63. The Hall–Kier alpha value is -1.67. The van der Waals surface area contributed by atoms with Crippen LogP contribution in [0.25, 0.3) is 0 Å². The van der Waals surface area contributed by atoms with Crippen molar-refractivity contribution >= 4 is 5.91 Å². The maximum Gasteiger partial charge on any atom is 0.237 e. The normalized spacial score (nSPS) is 24.2. The number of para-hydroxylation sites is 1. The van der Waals surface area contributed by atoms with Gasteiger partial charge in [0, 0.05) is 38.3 Å². The van der Waals surface area contributed by atoms with Gasteiger partial charge in [0.15, 0.2) is 0 Å². The number of morpholine rings is 1. The fraction of sp³-hybridized carbons (Fsp3) is 0.611. The monoisotopic (exact) mass is 349 g/mol. The summed E-state index contributed by atoms with van der Waals surface area (Å²) in [6, 6.07) is 7.45. The van der Waals surface area contributed by atoms with E-state index in [-0.39, 0.29) is 11.9 Å². The average molecular weight is 349 g/mol. The van der Waals surface area contributed by atoms with Gasteiger partial charge in [-0.05, 0) is 12.5 Å². The number of aliphatic hydroxyl groups excluding tert-OH is 1. The minimum absolute atomic E-state index is 0.0836. The minimum atomic E-state index is -0.438. The van der Waals surface area contributed by atoms with Crippen LogP contribution in [0.5, 0.6) is 5.75 Å². The summed E-state index contributed by atoms with van der Waals surface area (Å²) >= 11 is 0. The number of aliphatic hydroxyl groups is 1. The van der Waals surface area contributed by atoms with Crippen molar-refractivity contribution in [2.24, 2.45) is 0 Å². The number of hydrogen-bond donors (Lipinski definition) is 3. The number of nitrogens with one attached hydrogen (secondary N) is 2. The number of β-amino-alcohol motifs (C(OH)–C–C–N with tert-alkyl or cyclic N) is 1. The highest BCUT2D eigenvalue weighted by Crippen LogP contribution is 2.18. The zero-order chi connectivity index (χ0) is 17.5. The van der Waals surface area contributed by atoms with Crippen LogP contribution in [-0.2, 0) is 16.1 Å². The summed E-state index contributed by atoms with van der Waals surface area (Å²) < 4.78 is 11.3. The van der Waals surface area contributed by atoms with Crippen LogP contribution in [0.3, 0.4) is 0 Å². The first-order valence-electron chi connectivity index (χ1n) is 8.92. The van der Waals surface area contributed by atoms with E-state index < -0.39 is 6.10 Å². The van der Waals surface area contributed by atoms with Crippen LogP contribution in [0.2, 0.25) is 0 Å². The third kappa shape index (κ3) is 5.40. The molecule has 2 atom stereocenters. The van der Waals surface area contributed by atoms with Crippen molar-refractivity contribution in [1.82, 2.24) is 15.5 Å². The van der Waals surface area contributed by atoms with Crippen LogP contribution in [0.1, 0.15) is 12.0 Å². The van der Waals surface area contributed by atoms with E-state index in [4.69, 9.17) is 9.47 Å². The molecule has 2 aliphatic rings. The Morgan fingerprint density at radius 2 is 2.16 bits per heavy atom. The van der Waals surface area contributed by atoms with Gasteiger partial charge in [-0.25, -0.2) is 0 Å². The van der Waals surface area contributed by atoms with Gasteiger partial charge in [-0.3, -0.25) is 9.69 Å². The molecule has 2 heterocycles. The van der Waals surface area contributed by atoms with Crippen LogP contribution in [0.4, 0.5) is 0 Å². The van der Waals surface area contributed by atoms with Crippen LogP contribution in [-0.4, -0.2) is 74.1 Å². The zero-order valence-corrected chi connectivity index (χ0v) is 14.4. The number of amides is 1. The van der Waals surface area contributed by atoms with E-state index in [0.29, 0.717) is 26.1 Å². The number of nitrogens with zero attached hydrogens (tertiary/aromatic N) is 1. The minimum Gasteiger partial charge on any atom is -0.492 e. The summed E-state index contributed by atoms with van der Waals surface area (Å²) in [7, 11) is 0. The average Bonchev–Trinajstić information content (AvgIpc) is 3.08. The molecule has 7 nitrogen and oxygen atoms in total. The van der Waals surface area contributed by atoms with E-state index in [2.05, 4.69) is 15.5 Å². The highest BCUT2D eigenvalue weighted by molar-refractivity contribution is 5.82. The van der Waals surface area contributed by atoms with E-state index in [1.807, 2.05) is 24.3 Å². The predicted octanol–water partition coefficient (Wildman–Crippen LogP) is -0.263. The molecular weight excluding hydrogens is 322 g/mol. The van der Waals surface area contributed by atoms with Crippen LogP contribution in [0.15, 0.2) is 24.3 Å². The molecule has 3 rings (SSSR count). The van der Waals surface area contributed by atoms with Crippen LogP contribution >= 0.6 is 0 Å². The fourth-order valence-corrected chi connectivity index (χ4v) is 3.12. The molecule has 25 heavy (non-hydrogen) atoms. The maximum absolute atomic E-state index is 12.2. The summed E-state index contributed by atoms with van der Waals surface area (Å²) in [5.74, 6) is 0.718. The standard InChI is InChI=1S/C18H27N3O4/c22-15-11-16(19-13-15)18(23)20-12-14-3-1-2-4-17(14)25-10-7-21-5-8-24-9-6-21/h1-4,15-16,19,22H,5-13H2,(H,20,23). The molecule has 0 spiro atoms. The molecule has 0 aliphatic carbocycles. The quantitative estimate of drug-likeness (QED) is 0.629. The first-order valence-corrected chi connectivity index (χ1v) is 8.92. The van der Waals surface area contributed by atoms with Crippen molar-refractivity contribution in [2.45, 2.75) is 25.1 Å². The second kappa shape index (κ2) is 9.15. The SMILES string of the molecule is O=C(NCc1ccccc1OCCN1CCOCC1)C1CC(O)CN1. The summed E-state index contributed by atoms with van der Waals surface area (Å²) in [6.07, 6.45) is 0.0235. The van der Waals surface area contributed by atoms with Crippen molar-refractivity contribution in [3.63, 3.8) is 0 Å². The van der Waals surface area contributed by atoms with Crippen molar-refractivity contribution < 1.29 is 19.4 Å². The van der Waals surface area contributed by atoms with Gasteiger partial charge < -0.3 is 25.2 Å². The molecule has 7 heteroatoms. The predicted molar refractivity (Wildman–Crippen MR) is 93.5 cm³/mol. The lowest BCUT2D eigenvalue weighted by Gasteiger charge is -2.26. The van der Waals surface area contributed by atoms with E-state index >= 15 is 0 Å². The van der Waals surface area contributed by atoms with Crippen LogP contribution < -0.4 is 15.4 Å². The van der Waals surface area contributed by atoms with Gasteiger partial charge in [-0.1, -0.05) is 18.2 Å². The molecule has 0 saturated carbocycles. The smallest absolute Gasteiger partial charge is 0.237 e. The number of hydrogen-bond acceptors (Lipinski definition) is 6. The van der Waals surface area contributed by atoms with Gasteiger partial charge in [0.05, 0.1) is 25.4 Å². The molecule has 2 saturated heterocycles. The lowest BCUT2D eigenvalue weighted by atomic mass is 10.1. The number of carbonyl (C=O) groups is 1. The molecule has 0 radical (unpaired) electrons. The van der Waals surface area contributed by atoms with Crippen molar-refractivity contribution in [3.05, 3.63) is 29.8 Å². The highest BCUT2D eigenvalue weighted by atomic mass is 16.5. The second-order valence-corrected chi connectivity index (χ2v) is 6.48. The molecule has 1 aromatic carbocycles. The summed E-state index contributed by atoms with van der Waals surface area (Å²) in [4.78, 5) is 14.5. The molecule has 2 fully saturated rings. The Labute approximate surface area is 148 Å². The molecule has 2 unspecified atom stereocenters. The Bertz CT molecular complexity index is 563. The molecule has 138 valence electrons. The molecule has 1 amide bonds. The van der Waals surface area contributed by atoms with Crippen molar-refractivity contribution in [1.29, 1.82) is 0 Å². The number of ether oxygens (including phenoxy) is 2. The first-order chi connectivity index (χ1) is 12.2. The third-order valence-corrected chi connectivity index (χ3v) is 4.62. The molecular formula is C18H27N3O4. The van der Waals surface area contributed by atoms with Gasteiger partial charge in [0.25, 0.3) is 0 Å². The summed E-state index contributed by atoms with van der Waals surface area (Å²) in [5.41, 5.74) is 0.955. The van der Waals surface area contributed by atoms with Crippen molar-refractivity contribution in [3.8, 4) is 5.75 Å². The van der Waals surface area contributed by atoms with Gasteiger partial charge >= 0.3 is 0 Å². The Morgan fingerprint density at radius 1 is 1.36 bits per heavy atom. The number of benzene rings is 1. The Morgan fingerprint density at radius 3 is 2.92 bits per heavy atom. The van der Waals surface area contributed by atoms with E-state index in [9.17, 15) is 9.90 Å². The molecule has 2 aliphatic heterocycles. The van der Waals surface area contributed by atoms with Gasteiger partial charge in [0.2, 0.25) is 5.91 Å². The molecule has 0 bridgehead atoms. The van der Waals surface area contributed by atoms with Gasteiger partial charge in [-0.2, -0.15) is 0 Å². The lowest BCUT2D eigenvalue weighted by molar-refractivity contribution is -0.123. The number of rotatable bonds is 7. The second-order valence-electron chi connectivity index (χ2n) is 6.48. The van der Waals surface area contributed by atoms with Gasteiger partial charge in [0.1, 0.15) is 12.4 Å². The zero-order valence-electron chi connectivity index (χ0n) is 14.4. The molecule has 1 aromatic rings. The molecule has 3 N–H and O–H groups in total. The molecule has 0 aromatic heterocycles. The van der Waals surface area contributed by atoms with E-state index in [0.717, 1.165) is 44.2 Å². The van der Waals surface area contributed by atoms with Gasteiger partial charge in [-0.15, -0.1) is 0 Å². The Balaban J connectivity index is 1.46. The summed E-state index contributed by atoms with van der Waals surface area (Å²) in [5, 5.41) is 15.4. The third-order valence-electron chi connectivity index (χ3n) is 4.62. The summed E-state index contributed by atoms with van der Waals surface area (Å²) in [6.45, 7) is 5.83. The largest absolute Gasteiger partial charge is 0.492 e. The topological polar surface area (TPSA) is 83.1 Å². The lowest BCUT2D eigenvalue weighted by Crippen LogP contribution is -2.40. The van der Waals surface area contributed by atoms with E-state index in [1.165, 1.54) is 0 Å². The maximum atomic E-state index is 12.2.